The Kier molecular flexibility index (Phi) is 3.41. The van der Waals surface area contributed by atoms with Gasteiger partial charge in [-0.2, -0.15) is 0 Å². The Morgan fingerprint density at radius 1 is 1.11 bits per heavy atom. The number of amides is 2. The van der Waals surface area contributed by atoms with E-state index in [1.54, 1.807) is 18.8 Å². The number of rotatable bonds is 2. The maximum atomic E-state index is 12.1. The van der Waals surface area contributed by atoms with E-state index in [1.807, 2.05) is 30.3 Å². The Morgan fingerprint density at radius 3 is 2.32 bits per heavy atom. The summed E-state index contributed by atoms with van der Waals surface area (Å²) in [4.78, 5) is 23.6. The first-order chi connectivity index (χ1) is 9.06. The summed E-state index contributed by atoms with van der Waals surface area (Å²) in [5.74, 6) is 0. The quantitative estimate of drug-likeness (QED) is 0.850. The van der Waals surface area contributed by atoms with Gasteiger partial charge in [0.2, 0.25) is 0 Å². The highest BCUT2D eigenvalue weighted by atomic mass is 16.2. The van der Waals surface area contributed by atoms with Gasteiger partial charge in [-0.05, 0) is 0 Å². The van der Waals surface area contributed by atoms with E-state index in [4.69, 9.17) is 0 Å². The molecule has 0 aliphatic carbocycles. The summed E-state index contributed by atoms with van der Waals surface area (Å²) >= 11 is 0. The van der Waals surface area contributed by atoms with Crippen LogP contribution in [0.3, 0.4) is 0 Å². The molecule has 0 bridgehead atoms. The van der Waals surface area contributed by atoms with Crippen molar-refractivity contribution in [1.82, 2.24) is 14.7 Å². The number of anilines is 1. The van der Waals surface area contributed by atoms with Crippen LogP contribution in [0.15, 0.2) is 35.1 Å². The van der Waals surface area contributed by atoms with E-state index in [-0.39, 0.29) is 11.2 Å². The fourth-order valence-corrected chi connectivity index (χ4v) is 1.93. The minimum Gasteiger partial charge on any atom is -0.341 e. The first-order valence-electron chi connectivity index (χ1n) is 5.86. The second-order valence-electron chi connectivity index (χ2n) is 4.15. The van der Waals surface area contributed by atoms with Gasteiger partial charge in [0.1, 0.15) is 5.69 Å². The van der Waals surface area contributed by atoms with Crippen LogP contribution in [0.5, 0.6) is 0 Å². The normalized spacial score (nSPS) is 10.3. The number of urea groups is 1. The van der Waals surface area contributed by atoms with Gasteiger partial charge in [-0.15, -0.1) is 0 Å². The maximum absolute atomic E-state index is 12.1. The third-order valence-electron chi connectivity index (χ3n) is 3.03. The number of hydrogen-bond acceptors (Lipinski definition) is 2. The molecule has 0 aliphatic rings. The molecule has 2 amide bonds. The molecule has 6 nitrogen and oxygen atoms in total. The summed E-state index contributed by atoms with van der Waals surface area (Å²) in [6, 6.07) is 9.04. The second-order valence-corrected chi connectivity index (χ2v) is 4.15. The maximum Gasteiger partial charge on any atom is 0.319 e. The van der Waals surface area contributed by atoms with Crippen molar-refractivity contribution in [2.45, 2.75) is 0 Å². The Morgan fingerprint density at radius 2 is 1.74 bits per heavy atom. The fourth-order valence-electron chi connectivity index (χ4n) is 1.93. The number of carbonyl (C=O) groups excluding carboxylic acids is 1. The molecular formula is C13H16N4O2. The highest BCUT2D eigenvalue weighted by molar-refractivity contribution is 5.93. The summed E-state index contributed by atoms with van der Waals surface area (Å²) in [6.07, 6.45) is 0. The molecule has 0 atom stereocenters. The van der Waals surface area contributed by atoms with Gasteiger partial charge in [-0.1, -0.05) is 30.3 Å². The van der Waals surface area contributed by atoms with Crippen LogP contribution in [0.2, 0.25) is 0 Å². The highest BCUT2D eigenvalue weighted by Crippen LogP contribution is 2.24. The predicted octanol–water partition coefficient (Wildman–Crippen LogP) is 1.14. The van der Waals surface area contributed by atoms with Crippen molar-refractivity contribution in [3.63, 3.8) is 0 Å². The number of nitrogens with one attached hydrogen (secondary N) is 2. The van der Waals surface area contributed by atoms with Crippen molar-refractivity contribution >= 4 is 11.7 Å². The summed E-state index contributed by atoms with van der Waals surface area (Å²) in [5.41, 5.74) is 1.58. The zero-order chi connectivity index (χ0) is 14.0. The SMILES string of the molecule is CNC(=O)Nc1c(-c2ccccc2)n(C)n(C)c1=O. The minimum absolute atomic E-state index is 0.245. The molecule has 100 valence electrons. The number of nitrogens with zero attached hydrogens (tertiary/aromatic N) is 2. The summed E-state index contributed by atoms with van der Waals surface area (Å²) in [7, 11) is 4.94. The van der Waals surface area contributed by atoms with Crippen LogP contribution in [-0.4, -0.2) is 22.4 Å². The Bertz CT molecular complexity index is 655. The van der Waals surface area contributed by atoms with Gasteiger partial charge in [0, 0.05) is 26.7 Å². The van der Waals surface area contributed by atoms with Crippen molar-refractivity contribution in [3.05, 3.63) is 40.7 Å². The number of aromatic nitrogens is 2. The Hall–Kier alpha value is -2.50. The van der Waals surface area contributed by atoms with Gasteiger partial charge in [0.15, 0.2) is 0 Å². The molecule has 0 spiro atoms. The number of hydrogen-bond donors (Lipinski definition) is 2. The first-order valence-corrected chi connectivity index (χ1v) is 5.86. The Balaban J connectivity index is 2.63. The van der Waals surface area contributed by atoms with Gasteiger partial charge < -0.3 is 10.6 Å². The molecular weight excluding hydrogens is 244 g/mol. The third-order valence-corrected chi connectivity index (χ3v) is 3.03. The average molecular weight is 260 g/mol. The molecule has 0 aliphatic heterocycles. The molecule has 0 saturated carbocycles. The van der Waals surface area contributed by atoms with E-state index in [2.05, 4.69) is 10.6 Å². The Labute approximate surface area is 110 Å². The van der Waals surface area contributed by atoms with Gasteiger partial charge in [-0.25, -0.2) is 4.79 Å². The van der Waals surface area contributed by atoms with E-state index in [1.165, 1.54) is 11.7 Å². The molecule has 0 unspecified atom stereocenters. The molecule has 2 rings (SSSR count). The molecule has 1 aromatic carbocycles. The molecule has 1 aromatic heterocycles. The summed E-state index contributed by atoms with van der Waals surface area (Å²) < 4.78 is 3.16. The fraction of sp³-hybridized carbons (Fsp3) is 0.231. The van der Waals surface area contributed by atoms with Crippen LogP contribution >= 0.6 is 0 Å². The van der Waals surface area contributed by atoms with Crippen molar-refractivity contribution in [1.29, 1.82) is 0 Å². The second kappa shape index (κ2) is 5.01. The summed E-state index contributed by atoms with van der Waals surface area (Å²) in [6.45, 7) is 0. The van der Waals surface area contributed by atoms with Crippen LogP contribution in [0, 0.1) is 0 Å². The largest absolute Gasteiger partial charge is 0.341 e. The van der Waals surface area contributed by atoms with E-state index in [0.717, 1.165) is 5.56 Å². The monoisotopic (exact) mass is 260 g/mol. The molecule has 19 heavy (non-hydrogen) atoms. The van der Waals surface area contributed by atoms with Crippen LogP contribution in [0.4, 0.5) is 10.5 Å². The molecule has 1 heterocycles. The molecule has 0 radical (unpaired) electrons. The van der Waals surface area contributed by atoms with E-state index >= 15 is 0 Å². The van der Waals surface area contributed by atoms with Crippen LogP contribution in [-0.2, 0) is 14.1 Å². The van der Waals surface area contributed by atoms with E-state index in [9.17, 15) is 9.59 Å². The standard InChI is InChI=1S/C13H16N4O2/c1-14-13(19)15-10-11(9-7-5-4-6-8-9)16(2)17(3)12(10)18/h4-8H,1-3H3,(H2,14,15,19). The van der Waals surface area contributed by atoms with Crippen molar-refractivity contribution < 1.29 is 4.79 Å². The van der Waals surface area contributed by atoms with Crippen molar-refractivity contribution in [3.8, 4) is 11.3 Å². The molecule has 0 saturated heterocycles. The molecule has 2 aromatic rings. The van der Waals surface area contributed by atoms with E-state index in [0.29, 0.717) is 5.69 Å². The zero-order valence-corrected chi connectivity index (χ0v) is 11.1. The van der Waals surface area contributed by atoms with Crippen molar-refractivity contribution in [2.75, 3.05) is 12.4 Å². The first kappa shape index (κ1) is 12.9. The molecule has 6 heteroatoms. The van der Waals surface area contributed by atoms with Crippen LogP contribution in [0.25, 0.3) is 11.3 Å². The predicted molar refractivity (Wildman–Crippen MR) is 74.2 cm³/mol. The number of carbonyl (C=O) groups is 1. The molecule has 0 fully saturated rings. The zero-order valence-electron chi connectivity index (χ0n) is 11.1. The third kappa shape index (κ3) is 2.24. The highest BCUT2D eigenvalue weighted by Gasteiger charge is 2.18. The molecule has 2 N–H and O–H groups in total. The van der Waals surface area contributed by atoms with Crippen LogP contribution in [0.1, 0.15) is 0 Å². The lowest BCUT2D eigenvalue weighted by Crippen LogP contribution is -2.28. The van der Waals surface area contributed by atoms with Crippen molar-refractivity contribution in [2.24, 2.45) is 14.1 Å². The smallest absolute Gasteiger partial charge is 0.319 e. The lowest BCUT2D eigenvalue weighted by atomic mass is 10.1. The van der Waals surface area contributed by atoms with E-state index < -0.39 is 6.03 Å². The number of benzene rings is 1. The van der Waals surface area contributed by atoms with Gasteiger partial charge >= 0.3 is 6.03 Å². The van der Waals surface area contributed by atoms with Gasteiger partial charge in [0.25, 0.3) is 5.56 Å². The van der Waals surface area contributed by atoms with Crippen LogP contribution < -0.4 is 16.2 Å². The minimum atomic E-state index is -0.416. The topological polar surface area (TPSA) is 68.1 Å². The lowest BCUT2D eigenvalue weighted by Gasteiger charge is -2.08. The lowest BCUT2D eigenvalue weighted by molar-refractivity contribution is 0.254. The summed E-state index contributed by atoms with van der Waals surface area (Å²) in [5, 5.41) is 5.03. The van der Waals surface area contributed by atoms with Gasteiger partial charge in [0.05, 0.1) is 5.69 Å². The van der Waals surface area contributed by atoms with Gasteiger partial charge in [-0.3, -0.25) is 14.2 Å². The average Bonchev–Trinajstić information content (AvgIpc) is 2.64.